The third kappa shape index (κ3) is 4.86. The first-order valence-electron chi connectivity index (χ1n) is 7.36. The van der Waals surface area contributed by atoms with Crippen LogP contribution in [0.1, 0.15) is 51.4 Å². The van der Waals surface area contributed by atoms with E-state index in [0.717, 1.165) is 25.8 Å². The van der Waals surface area contributed by atoms with Crippen LogP contribution in [0.2, 0.25) is 0 Å². The largest absolute Gasteiger partial charge is 0.314 e. The zero-order valence-corrected chi connectivity index (χ0v) is 12.0. The van der Waals surface area contributed by atoms with Crippen molar-refractivity contribution in [2.75, 3.05) is 18.8 Å². The number of sulfonamides is 1. The molecule has 18 heavy (non-hydrogen) atoms. The van der Waals surface area contributed by atoms with Gasteiger partial charge in [-0.05, 0) is 44.6 Å². The molecule has 1 aliphatic heterocycles. The van der Waals surface area contributed by atoms with Gasteiger partial charge in [-0.25, -0.2) is 13.1 Å². The van der Waals surface area contributed by atoms with Gasteiger partial charge in [-0.3, -0.25) is 0 Å². The fraction of sp³-hybridized carbons (Fsp3) is 1.00. The molecular formula is C13H26N2O2S. The molecule has 1 heterocycles. The molecule has 0 radical (unpaired) electrons. The Labute approximate surface area is 111 Å². The average molecular weight is 274 g/mol. The van der Waals surface area contributed by atoms with Crippen LogP contribution < -0.4 is 10.0 Å². The molecule has 0 unspecified atom stereocenters. The maximum atomic E-state index is 11.9. The fourth-order valence-electron chi connectivity index (χ4n) is 3.11. The van der Waals surface area contributed by atoms with E-state index < -0.39 is 10.0 Å². The molecule has 0 bridgehead atoms. The van der Waals surface area contributed by atoms with Crippen LogP contribution in [0.5, 0.6) is 0 Å². The smallest absolute Gasteiger partial charge is 0.211 e. The predicted octanol–water partition coefficient (Wildman–Crippen LogP) is 1.63. The van der Waals surface area contributed by atoms with Crippen LogP contribution in [0.4, 0.5) is 0 Å². The maximum Gasteiger partial charge on any atom is 0.211 e. The molecule has 1 atom stereocenters. The first-order valence-corrected chi connectivity index (χ1v) is 9.02. The summed E-state index contributed by atoms with van der Waals surface area (Å²) in [6.07, 6.45) is 9.18. The van der Waals surface area contributed by atoms with Crippen LogP contribution in [0.25, 0.3) is 0 Å². The van der Waals surface area contributed by atoms with Crippen molar-refractivity contribution in [3.63, 3.8) is 0 Å². The number of nitrogens with one attached hydrogen (secondary N) is 2. The van der Waals surface area contributed by atoms with Gasteiger partial charge >= 0.3 is 0 Å². The Bertz CT molecular complexity index is 331. The van der Waals surface area contributed by atoms with Gasteiger partial charge in [0, 0.05) is 12.6 Å². The first kappa shape index (κ1) is 14.3. The number of hydrogen-bond acceptors (Lipinski definition) is 3. The lowest BCUT2D eigenvalue weighted by Crippen LogP contribution is -2.34. The molecule has 2 fully saturated rings. The van der Waals surface area contributed by atoms with E-state index in [2.05, 4.69) is 10.0 Å². The van der Waals surface area contributed by atoms with Crippen molar-refractivity contribution in [2.24, 2.45) is 5.92 Å². The molecule has 0 spiro atoms. The summed E-state index contributed by atoms with van der Waals surface area (Å²) in [5.74, 6) is 0.728. The molecule has 106 valence electrons. The molecule has 2 rings (SSSR count). The second-order valence-corrected chi connectivity index (χ2v) is 7.61. The van der Waals surface area contributed by atoms with Crippen molar-refractivity contribution >= 4 is 10.0 Å². The van der Waals surface area contributed by atoms with Gasteiger partial charge in [0.2, 0.25) is 10.0 Å². The Hall–Kier alpha value is -0.130. The van der Waals surface area contributed by atoms with Gasteiger partial charge in [-0.2, -0.15) is 0 Å². The van der Waals surface area contributed by atoms with Gasteiger partial charge in [-0.1, -0.05) is 19.3 Å². The zero-order chi connectivity index (χ0) is 12.8. The third-order valence-electron chi connectivity index (χ3n) is 4.16. The van der Waals surface area contributed by atoms with Crippen LogP contribution in [-0.2, 0) is 10.0 Å². The summed E-state index contributed by atoms with van der Waals surface area (Å²) in [4.78, 5) is 0. The van der Waals surface area contributed by atoms with Crippen molar-refractivity contribution in [3.05, 3.63) is 0 Å². The molecule has 1 saturated carbocycles. The minimum absolute atomic E-state index is 0.338. The highest BCUT2D eigenvalue weighted by Crippen LogP contribution is 2.24. The molecule has 1 saturated heterocycles. The van der Waals surface area contributed by atoms with Crippen molar-refractivity contribution in [2.45, 2.75) is 57.4 Å². The quantitative estimate of drug-likeness (QED) is 0.774. The lowest BCUT2D eigenvalue weighted by Gasteiger charge is -2.21. The van der Waals surface area contributed by atoms with E-state index >= 15 is 0 Å². The maximum absolute atomic E-state index is 11.9. The van der Waals surface area contributed by atoms with E-state index in [1.807, 2.05) is 0 Å². The summed E-state index contributed by atoms with van der Waals surface area (Å²) in [5.41, 5.74) is 0. The van der Waals surface area contributed by atoms with Crippen molar-refractivity contribution in [1.82, 2.24) is 10.0 Å². The van der Waals surface area contributed by atoms with E-state index in [4.69, 9.17) is 0 Å². The molecule has 0 aromatic heterocycles. The summed E-state index contributed by atoms with van der Waals surface area (Å²) < 4.78 is 26.6. The zero-order valence-electron chi connectivity index (χ0n) is 11.2. The Morgan fingerprint density at radius 3 is 2.50 bits per heavy atom. The number of hydrogen-bond donors (Lipinski definition) is 2. The molecule has 0 aromatic carbocycles. The molecule has 1 aliphatic carbocycles. The van der Waals surface area contributed by atoms with Crippen LogP contribution in [0.3, 0.4) is 0 Å². The molecule has 2 aliphatic rings. The van der Waals surface area contributed by atoms with Gasteiger partial charge in [-0.15, -0.1) is 0 Å². The van der Waals surface area contributed by atoms with E-state index in [1.54, 1.807) is 0 Å². The summed E-state index contributed by atoms with van der Waals surface area (Å²) in [5, 5.41) is 3.39. The summed E-state index contributed by atoms with van der Waals surface area (Å²) in [6.45, 7) is 1.67. The van der Waals surface area contributed by atoms with E-state index in [9.17, 15) is 8.42 Å². The van der Waals surface area contributed by atoms with Gasteiger partial charge in [0.25, 0.3) is 0 Å². The van der Waals surface area contributed by atoms with Crippen LogP contribution >= 0.6 is 0 Å². The van der Waals surface area contributed by atoms with Gasteiger partial charge < -0.3 is 5.32 Å². The lowest BCUT2D eigenvalue weighted by atomic mass is 9.91. The van der Waals surface area contributed by atoms with Gasteiger partial charge in [0.05, 0.1) is 5.75 Å². The van der Waals surface area contributed by atoms with Crippen LogP contribution in [0, 0.1) is 5.92 Å². The topological polar surface area (TPSA) is 58.2 Å². The fourth-order valence-corrected chi connectivity index (χ4v) is 4.62. The highest BCUT2D eigenvalue weighted by atomic mass is 32.2. The minimum Gasteiger partial charge on any atom is -0.314 e. The van der Waals surface area contributed by atoms with Gasteiger partial charge in [0.1, 0.15) is 0 Å². The normalized spacial score (nSPS) is 26.6. The van der Waals surface area contributed by atoms with Crippen molar-refractivity contribution in [3.8, 4) is 0 Å². The van der Waals surface area contributed by atoms with Gasteiger partial charge in [0.15, 0.2) is 0 Å². The Morgan fingerprint density at radius 1 is 1.06 bits per heavy atom. The molecule has 0 amide bonds. The Kier molecular flexibility index (Phi) is 5.45. The van der Waals surface area contributed by atoms with Crippen LogP contribution in [-0.4, -0.2) is 33.3 Å². The highest BCUT2D eigenvalue weighted by Gasteiger charge is 2.21. The monoisotopic (exact) mass is 274 g/mol. The highest BCUT2D eigenvalue weighted by molar-refractivity contribution is 7.89. The third-order valence-corrected chi connectivity index (χ3v) is 5.71. The van der Waals surface area contributed by atoms with Crippen LogP contribution in [0.15, 0.2) is 0 Å². The first-order chi connectivity index (χ1) is 8.66. The molecular weight excluding hydrogens is 248 g/mol. The van der Waals surface area contributed by atoms with E-state index in [1.165, 1.54) is 32.1 Å². The molecule has 5 heteroatoms. The molecule has 4 nitrogen and oxygen atoms in total. The molecule has 2 N–H and O–H groups in total. The Morgan fingerprint density at radius 2 is 1.83 bits per heavy atom. The predicted molar refractivity (Wildman–Crippen MR) is 74.0 cm³/mol. The second kappa shape index (κ2) is 6.87. The average Bonchev–Trinajstić information content (AvgIpc) is 2.82. The van der Waals surface area contributed by atoms with Crippen molar-refractivity contribution < 1.29 is 8.42 Å². The lowest BCUT2D eigenvalue weighted by molar-refractivity contribution is 0.383. The molecule has 0 aromatic rings. The van der Waals surface area contributed by atoms with Crippen molar-refractivity contribution in [1.29, 1.82) is 0 Å². The summed E-state index contributed by atoms with van der Waals surface area (Å²) in [7, 11) is -3.05. The standard InChI is InChI=1S/C13H26N2O2S/c16-18(17,11-12-5-2-1-3-6-12)15-10-8-13-7-4-9-14-13/h12-15H,1-11H2/t13-/m1/s1. The van der Waals surface area contributed by atoms with E-state index in [-0.39, 0.29) is 0 Å². The SMILES string of the molecule is O=S(=O)(CC1CCCCC1)NCC[C@H]1CCCN1. The summed E-state index contributed by atoms with van der Waals surface area (Å²) >= 11 is 0. The van der Waals surface area contributed by atoms with E-state index in [0.29, 0.717) is 24.3 Å². The second-order valence-electron chi connectivity index (χ2n) is 5.76. The summed E-state index contributed by atoms with van der Waals surface area (Å²) in [6, 6.07) is 0.516. The Balaban J connectivity index is 1.66. The number of rotatable bonds is 6. The minimum atomic E-state index is -3.05.